The van der Waals surface area contributed by atoms with Gasteiger partial charge >= 0.3 is 5.97 Å². The van der Waals surface area contributed by atoms with Crippen LogP contribution in [0.5, 0.6) is 5.75 Å². The highest BCUT2D eigenvalue weighted by Crippen LogP contribution is 2.22. The number of amides is 1. The molecule has 132 valence electrons. The van der Waals surface area contributed by atoms with Crippen LogP contribution < -0.4 is 10.1 Å². The van der Waals surface area contributed by atoms with E-state index in [2.05, 4.69) is 19.2 Å². The molecular formula is C20H23NO4. The number of hydrogen-bond donors (Lipinski definition) is 2. The lowest BCUT2D eigenvalue weighted by atomic mass is 9.99. The molecule has 0 saturated heterocycles. The number of carbonyl (C=O) groups is 2. The zero-order chi connectivity index (χ0) is 18.4. The van der Waals surface area contributed by atoms with Gasteiger partial charge in [0.25, 0.3) is 5.91 Å². The molecule has 0 aliphatic rings. The van der Waals surface area contributed by atoms with Crippen LogP contribution in [0.15, 0.2) is 42.5 Å². The second kappa shape index (κ2) is 8.33. The third kappa shape index (κ3) is 4.83. The van der Waals surface area contributed by atoms with E-state index in [1.807, 2.05) is 24.3 Å². The Hall–Kier alpha value is -2.82. The van der Waals surface area contributed by atoms with Crippen molar-refractivity contribution in [2.24, 2.45) is 0 Å². The fourth-order valence-electron chi connectivity index (χ4n) is 2.47. The van der Waals surface area contributed by atoms with Crippen LogP contribution in [-0.4, -0.2) is 23.6 Å². The second-order valence-electron chi connectivity index (χ2n) is 6.00. The topological polar surface area (TPSA) is 75.6 Å². The highest BCUT2D eigenvalue weighted by Gasteiger charge is 2.12. The molecule has 1 unspecified atom stereocenters. The Kier molecular flexibility index (Phi) is 6.17. The van der Waals surface area contributed by atoms with Crippen LogP contribution in [0.3, 0.4) is 0 Å². The molecule has 5 heteroatoms. The molecule has 25 heavy (non-hydrogen) atoms. The van der Waals surface area contributed by atoms with Gasteiger partial charge in [-0.3, -0.25) is 4.79 Å². The molecule has 1 amide bonds. The number of carbonyl (C=O) groups excluding carboxylic acids is 1. The van der Waals surface area contributed by atoms with Gasteiger partial charge in [-0.15, -0.1) is 0 Å². The molecule has 0 radical (unpaired) electrons. The zero-order valence-corrected chi connectivity index (χ0v) is 14.7. The first-order chi connectivity index (χ1) is 11.9. The molecule has 0 spiro atoms. The molecule has 2 aromatic carbocycles. The summed E-state index contributed by atoms with van der Waals surface area (Å²) in [5.41, 5.74) is 2.39. The smallest absolute Gasteiger partial charge is 0.336 e. The average Bonchev–Trinajstić information content (AvgIpc) is 2.61. The molecule has 0 fully saturated rings. The van der Waals surface area contributed by atoms with Gasteiger partial charge in [0.2, 0.25) is 0 Å². The van der Waals surface area contributed by atoms with E-state index in [-0.39, 0.29) is 18.1 Å². The number of carboxylic acids is 1. The van der Waals surface area contributed by atoms with Crippen molar-refractivity contribution >= 4 is 17.6 Å². The number of ether oxygens (including phenoxy) is 1. The van der Waals surface area contributed by atoms with Gasteiger partial charge in [-0.05, 0) is 54.7 Å². The van der Waals surface area contributed by atoms with E-state index in [1.165, 1.54) is 11.6 Å². The van der Waals surface area contributed by atoms with Crippen molar-refractivity contribution in [1.82, 2.24) is 0 Å². The van der Waals surface area contributed by atoms with Gasteiger partial charge in [0.05, 0.1) is 5.56 Å². The fourth-order valence-corrected chi connectivity index (χ4v) is 2.47. The standard InChI is InChI=1S/C20H23NO4/c1-4-13(2)15-8-10-16(11-9-15)25-12-19(22)21-18-7-5-6-17(14(18)3)20(23)24/h5-11,13H,4,12H2,1-3H3,(H,21,22)(H,23,24). The molecule has 1 atom stereocenters. The van der Waals surface area contributed by atoms with Gasteiger partial charge in [-0.25, -0.2) is 4.79 Å². The lowest BCUT2D eigenvalue weighted by molar-refractivity contribution is -0.118. The third-order valence-electron chi connectivity index (χ3n) is 4.27. The van der Waals surface area contributed by atoms with E-state index in [9.17, 15) is 9.59 Å². The highest BCUT2D eigenvalue weighted by atomic mass is 16.5. The number of hydrogen-bond acceptors (Lipinski definition) is 3. The number of nitrogens with one attached hydrogen (secondary N) is 1. The summed E-state index contributed by atoms with van der Waals surface area (Å²) in [4.78, 5) is 23.2. The minimum absolute atomic E-state index is 0.139. The Morgan fingerprint density at radius 3 is 2.44 bits per heavy atom. The number of anilines is 1. The van der Waals surface area contributed by atoms with Crippen LogP contribution in [0.2, 0.25) is 0 Å². The van der Waals surface area contributed by atoms with Crippen LogP contribution in [0, 0.1) is 6.92 Å². The summed E-state index contributed by atoms with van der Waals surface area (Å²) in [6.45, 7) is 5.82. The van der Waals surface area contributed by atoms with Gasteiger partial charge in [0, 0.05) is 5.69 Å². The summed E-state index contributed by atoms with van der Waals surface area (Å²) >= 11 is 0. The first-order valence-electron chi connectivity index (χ1n) is 8.27. The number of carboxylic acid groups (broad SMARTS) is 1. The Labute approximate surface area is 147 Å². The van der Waals surface area contributed by atoms with Gasteiger partial charge < -0.3 is 15.2 Å². The maximum Gasteiger partial charge on any atom is 0.336 e. The maximum absolute atomic E-state index is 12.1. The first-order valence-corrected chi connectivity index (χ1v) is 8.27. The molecule has 2 rings (SSSR count). The molecule has 0 aromatic heterocycles. The number of rotatable bonds is 7. The van der Waals surface area contributed by atoms with Crippen LogP contribution in [0.25, 0.3) is 0 Å². The molecule has 0 bridgehead atoms. The lowest BCUT2D eigenvalue weighted by Gasteiger charge is -2.12. The van der Waals surface area contributed by atoms with Crippen molar-refractivity contribution < 1.29 is 19.4 Å². The normalized spacial score (nSPS) is 11.6. The van der Waals surface area contributed by atoms with Gasteiger partial charge in [0.15, 0.2) is 6.61 Å². The highest BCUT2D eigenvalue weighted by molar-refractivity contribution is 5.96. The lowest BCUT2D eigenvalue weighted by Crippen LogP contribution is -2.21. The number of aromatic carboxylic acids is 1. The summed E-state index contributed by atoms with van der Waals surface area (Å²) in [7, 11) is 0. The van der Waals surface area contributed by atoms with Crippen LogP contribution >= 0.6 is 0 Å². The van der Waals surface area contributed by atoms with Crippen LogP contribution in [0.4, 0.5) is 5.69 Å². The third-order valence-corrected chi connectivity index (χ3v) is 4.27. The van der Waals surface area contributed by atoms with Crippen LogP contribution in [0.1, 0.15) is 47.7 Å². The Morgan fingerprint density at radius 1 is 1.16 bits per heavy atom. The molecule has 2 aromatic rings. The molecule has 0 aliphatic heterocycles. The summed E-state index contributed by atoms with van der Waals surface area (Å²) in [6.07, 6.45) is 1.07. The summed E-state index contributed by atoms with van der Waals surface area (Å²) in [5, 5.41) is 11.8. The Bertz CT molecular complexity index is 753. The molecule has 0 aliphatic carbocycles. The van der Waals surface area contributed by atoms with Crippen molar-refractivity contribution in [2.45, 2.75) is 33.1 Å². The maximum atomic E-state index is 12.1. The zero-order valence-electron chi connectivity index (χ0n) is 14.7. The van der Waals surface area contributed by atoms with Crippen molar-refractivity contribution in [2.75, 3.05) is 11.9 Å². The monoisotopic (exact) mass is 341 g/mol. The van der Waals surface area contributed by atoms with Gasteiger partial charge in [-0.1, -0.05) is 32.0 Å². The minimum Gasteiger partial charge on any atom is -0.484 e. The largest absolute Gasteiger partial charge is 0.484 e. The van der Waals surface area contributed by atoms with E-state index >= 15 is 0 Å². The summed E-state index contributed by atoms with van der Waals surface area (Å²) in [6, 6.07) is 12.5. The van der Waals surface area contributed by atoms with Crippen molar-refractivity contribution in [3.8, 4) is 5.75 Å². The number of benzene rings is 2. The average molecular weight is 341 g/mol. The first kappa shape index (κ1) is 18.5. The molecular weight excluding hydrogens is 318 g/mol. The summed E-state index contributed by atoms with van der Waals surface area (Å²) in [5.74, 6) is -0.247. The predicted molar refractivity (Wildman–Crippen MR) is 97.4 cm³/mol. The van der Waals surface area contributed by atoms with Crippen molar-refractivity contribution in [3.63, 3.8) is 0 Å². The van der Waals surface area contributed by atoms with E-state index in [1.54, 1.807) is 19.1 Å². The van der Waals surface area contributed by atoms with E-state index in [0.717, 1.165) is 6.42 Å². The quantitative estimate of drug-likeness (QED) is 0.790. The van der Waals surface area contributed by atoms with E-state index in [0.29, 0.717) is 22.9 Å². The van der Waals surface area contributed by atoms with E-state index in [4.69, 9.17) is 9.84 Å². The molecule has 0 saturated carbocycles. The van der Waals surface area contributed by atoms with Gasteiger partial charge in [-0.2, -0.15) is 0 Å². The SMILES string of the molecule is CCC(C)c1ccc(OCC(=O)Nc2cccc(C(=O)O)c2C)cc1. The van der Waals surface area contributed by atoms with Crippen molar-refractivity contribution in [3.05, 3.63) is 59.2 Å². The molecule has 5 nitrogen and oxygen atoms in total. The molecule has 0 heterocycles. The Balaban J connectivity index is 1.95. The van der Waals surface area contributed by atoms with Gasteiger partial charge in [0.1, 0.15) is 5.75 Å². The predicted octanol–water partition coefficient (Wildman–Crippen LogP) is 4.22. The fraction of sp³-hybridized carbons (Fsp3) is 0.300. The summed E-state index contributed by atoms with van der Waals surface area (Å²) < 4.78 is 5.50. The second-order valence-corrected chi connectivity index (χ2v) is 6.00. The Morgan fingerprint density at radius 2 is 1.84 bits per heavy atom. The van der Waals surface area contributed by atoms with Crippen LogP contribution in [-0.2, 0) is 4.79 Å². The van der Waals surface area contributed by atoms with E-state index < -0.39 is 5.97 Å². The minimum atomic E-state index is -1.02. The van der Waals surface area contributed by atoms with Crippen molar-refractivity contribution in [1.29, 1.82) is 0 Å². The molecule has 2 N–H and O–H groups in total.